The molecule has 11 rings (SSSR count). The normalized spacial score (nSPS) is 21.2. The largest absolute Gasteiger partial charge is 0.496 e. The molecule has 354 valence electrons. The maximum atomic E-state index is 13.1. The first-order valence-corrected chi connectivity index (χ1v) is 25.7. The van der Waals surface area contributed by atoms with Crippen LogP contribution in [0.5, 0.6) is 17.2 Å². The van der Waals surface area contributed by atoms with Gasteiger partial charge in [-0.2, -0.15) is 0 Å². The highest BCUT2D eigenvalue weighted by molar-refractivity contribution is 7.99. The number of morpholine rings is 1. The number of hydrogen-bond donors (Lipinski definition) is 1. The molecule has 9 nitrogen and oxygen atoms in total. The molecule has 2 aliphatic heterocycles. The number of aliphatic hydroxyl groups excluding tert-OH is 1. The molecule has 3 aliphatic carbocycles. The van der Waals surface area contributed by atoms with E-state index < -0.39 is 17.5 Å². The minimum absolute atomic E-state index is 0.0115. The van der Waals surface area contributed by atoms with Crippen LogP contribution in [0.25, 0.3) is 28.0 Å². The number of anilines is 1. The van der Waals surface area contributed by atoms with Gasteiger partial charge in [-0.05, 0) is 108 Å². The molecule has 69 heavy (non-hydrogen) atoms. The highest BCUT2D eigenvalue weighted by Gasteiger charge is 2.48. The van der Waals surface area contributed by atoms with Crippen LogP contribution in [-0.4, -0.2) is 63.2 Å². The first kappa shape index (κ1) is 45.4. The summed E-state index contributed by atoms with van der Waals surface area (Å²) < 4.78 is 31.1. The molecule has 1 spiro atoms. The molecule has 0 aromatic heterocycles. The Morgan fingerprint density at radius 1 is 0.783 bits per heavy atom. The summed E-state index contributed by atoms with van der Waals surface area (Å²) in [5.41, 5.74) is 8.21. The molecule has 3 fully saturated rings. The summed E-state index contributed by atoms with van der Waals surface area (Å²) in [6.45, 7) is 3.03. The topological polar surface area (TPSA) is 104 Å². The third-order valence-corrected chi connectivity index (χ3v) is 16.3. The van der Waals surface area contributed by atoms with Gasteiger partial charge in [0.15, 0.2) is 5.60 Å². The Bertz CT molecular complexity index is 2880. The van der Waals surface area contributed by atoms with Crippen molar-refractivity contribution in [2.75, 3.05) is 44.9 Å². The molecule has 3 atom stereocenters. The predicted octanol–water partition coefficient (Wildman–Crippen LogP) is 12.2. The van der Waals surface area contributed by atoms with E-state index in [1.54, 1.807) is 31.0 Å². The maximum absolute atomic E-state index is 13.1. The molecule has 6 aromatic carbocycles. The summed E-state index contributed by atoms with van der Waals surface area (Å²) in [4.78, 5) is 30.2. The van der Waals surface area contributed by atoms with Crippen molar-refractivity contribution in [2.45, 2.75) is 97.5 Å². The smallest absolute Gasteiger partial charge is 0.311 e. The third-order valence-electron chi connectivity index (χ3n) is 15.3. The van der Waals surface area contributed by atoms with Crippen LogP contribution in [0.3, 0.4) is 0 Å². The van der Waals surface area contributed by atoms with E-state index in [9.17, 15) is 14.7 Å². The second-order valence-corrected chi connectivity index (χ2v) is 20.3. The minimum atomic E-state index is -1.08. The van der Waals surface area contributed by atoms with Gasteiger partial charge in [-0.15, -0.1) is 0 Å². The Kier molecular flexibility index (Phi) is 12.7. The van der Waals surface area contributed by atoms with Gasteiger partial charge in [0.2, 0.25) is 0 Å². The van der Waals surface area contributed by atoms with Crippen LogP contribution >= 0.6 is 11.8 Å². The van der Waals surface area contributed by atoms with E-state index in [0.29, 0.717) is 19.0 Å². The molecular formula is C59H59NO8S. The van der Waals surface area contributed by atoms with Gasteiger partial charge in [-0.25, -0.2) is 0 Å². The van der Waals surface area contributed by atoms with Crippen molar-refractivity contribution >= 4 is 46.2 Å². The number of ether oxygens (including phenoxy) is 5. The number of carbonyl (C=O) groups is 2. The van der Waals surface area contributed by atoms with E-state index in [0.717, 1.165) is 106 Å². The van der Waals surface area contributed by atoms with Gasteiger partial charge >= 0.3 is 11.9 Å². The van der Waals surface area contributed by atoms with Crippen LogP contribution < -0.4 is 19.1 Å². The van der Waals surface area contributed by atoms with Crippen molar-refractivity contribution < 1.29 is 38.4 Å². The number of aliphatic hydroxyl groups is 1. The monoisotopic (exact) mass is 941 g/mol. The molecule has 2 saturated carbocycles. The van der Waals surface area contributed by atoms with Gasteiger partial charge in [0.25, 0.3) is 0 Å². The summed E-state index contributed by atoms with van der Waals surface area (Å²) in [5, 5.41) is 11.6. The standard InChI is InChI=1S/C59H59NO8S/c1-64-51-36-48-47(37-52(51)69-44-12-6-5-7-13-44)55-45-14-8-9-15-49(45)58(29-10-3-2-4-11-30-58)56(55)46-28-31-59(68-57(46)48,40-17-21-42(22-18-40)60-32-34-65-35-33-60)41-19-23-43(24-20-41)66-53(62)26-27-54(63)67-50-25-16-39(50)38-61/h5-9,12-15,17-24,28,31,36-37,39,50,61H,2-4,10-11,16,25-27,29-30,32-35,38H2,1H3. The van der Waals surface area contributed by atoms with E-state index in [-0.39, 0.29) is 36.9 Å². The molecule has 5 aliphatic rings. The molecule has 2 heterocycles. The molecule has 3 unspecified atom stereocenters. The molecule has 1 saturated heterocycles. The lowest BCUT2D eigenvalue weighted by Crippen LogP contribution is -2.38. The van der Waals surface area contributed by atoms with Crippen molar-refractivity contribution in [3.63, 3.8) is 0 Å². The Morgan fingerprint density at radius 2 is 1.48 bits per heavy atom. The predicted molar refractivity (Wildman–Crippen MR) is 271 cm³/mol. The summed E-state index contributed by atoms with van der Waals surface area (Å²) in [7, 11) is 1.75. The third kappa shape index (κ3) is 8.48. The summed E-state index contributed by atoms with van der Waals surface area (Å²) >= 11 is 1.71. The lowest BCUT2D eigenvalue weighted by atomic mass is 9.67. The number of nitrogens with zero attached hydrogens (tertiary/aromatic N) is 1. The van der Waals surface area contributed by atoms with E-state index in [2.05, 4.69) is 102 Å². The van der Waals surface area contributed by atoms with Crippen molar-refractivity contribution in [3.8, 4) is 28.4 Å². The van der Waals surface area contributed by atoms with E-state index in [4.69, 9.17) is 23.7 Å². The average molecular weight is 942 g/mol. The highest BCUT2D eigenvalue weighted by atomic mass is 32.2. The molecule has 0 amide bonds. The molecule has 0 radical (unpaired) electrons. The van der Waals surface area contributed by atoms with E-state index >= 15 is 0 Å². The zero-order valence-electron chi connectivity index (χ0n) is 39.3. The lowest BCUT2D eigenvalue weighted by Gasteiger charge is -2.40. The molecule has 1 N–H and O–H groups in total. The van der Waals surface area contributed by atoms with Crippen molar-refractivity contribution in [2.24, 2.45) is 5.92 Å². The fourth-order valence-corrected chi connectivity index (χ4v) is 12.5. The Hall–Kier alpha value is -6.07. The van der Waals surface area contributed by atoms with Gasteiger partial charge in [-0.1, -0.05) is 117 Å². The second-order valence-electron chi connectivity index (χ2n) is 19.2. The first-order chi connectivity index (χ1) is 33.9. The van der Waals surface area contributed by atoms with Crippen LogP contribution in [-0.2, 0) is 30.1 Å². The van der Waals surface area contributed by atoms with Crippen LogP contribution in [0, 0.1) is 5.92 Å². The second kappa shape index (κ2) is 19.4. The number of carbonyl (C=O) groups excluding carboxylic acids is 2. The number of benzene rings is 6. The Morgan fingerprint density at radius 3 is 2.19 bits per heavy atom. The zero-order valence-corrected chi connectivity index (χ0v) is 40.1. The maximum Gasteiger partial charge on any atom is 0.311 e. The number of hydrogen-bond acceptors (Lipinski definition) is 10. The van der Waals surface area contributed by atoms with Gasteiger partial charge in [0, 0.05) is 63.7 Å². The fourth-order valence-electron chi connectivity index (χ4n) is 11.6. The Balaban J connectivity index is 1.03. The number of fused-ring (bicyclic) bond motifs is 10. The lowest BCUT2D eigenvalue weighted by molar-refractivity contribution is -0.161. The quantitative estimate of drug-likeness (QED) is 0.0942. The minimum Gasteiger partial charge on any atom is -0.496 e. The number of methoxy groups -OCH3 is 1. The van der Waals surface area contributed by atoms with Gasteiger partial charge in [0.05, 0.1) is 38.1 Å². The van der Waals surface area contributed by atoms with Crippen molar-refractivity contribution in [3.05, 3.63) is 149 Å². The average Bonchev–Trinajstić information content (AvgIpc) is 3.67. The Labute approximate surface area is 408 Å². The highest BCUT2D eigenvalue weighted by Crippen LogP contribution is 2.62. The van der Waals surface area contributed by atoms with E-state index in [1.165, 1.54) is 41.5 Å². The number of esters is 2. The zero-order chi connectivity index (χ0) is 47.0. The van der Waals surface area contributed by atoms with Crippen LogP contribution in [0.2, 0.25) is 0 Å². The summed E-state index contributed by atoms with van der Waals surface area (Å²) in [6.07, 6.45) is 13.8. The molecule has 6 aromatic rings. The summed E-state index contributed by atoms with van der Waals surface area (Å²) in [6, 6.07) is 40.4. The molecule has 0 bridgehead atoms. The van der Waals surface area contributed by atoms with E-state index in [1.807, 2.05) is 18.2 Å². The van der Waals surface area contributed by atoms with Gasteiger partial charge in [-0.3, -0.25) is 9.59 Å². The van der Waals surface area contributed by atoms with Crippen LogP contribution in [0.4, 0.5) is 5.69 Å². The van der Waals surface area contributed by atoms with Crippen molar-refractivity contribution in [1.82, 2.24) is 0 Å². The van der Waals surface area contributed by atoms with Gasteiger partial charge < -0.3 is 33.7 Å². The SMILES string of the molecule is COc1cc2c3c(c4c(c2cc1Sc1ccccc1)-c1ccccc1C41CCCCCCC1)C=CC(c1ccc(OC(=O)CCC(=O)OC2CCC2CO)cc1)(c1ccc(N2CCOCC2)cc1)O3. The molecule has 10 heteroatoms. The van der Waals surface area contributed by atoms with Gasteiger partial charge in [0.1, 0.15) is 23.4 Å². The van der Waals surface area contributed by atoms with Crippen LogP contribution in [0.1, 0.15) is 98.4 Å². The fraction of sp³-hybridized carbons (Fsp3) is 0.356. The summed E-state index contributed by atoms with van der Waals surface area (Å²) in [5.74, 6) is 0.963. The molecular weight excluding hydrogens is 883 g/mol. The van der Waals surface area contributed by atoms with Crippen LogP contribution in [0.15, 0.2) is 131 Å². The van der Waals surface area contributed by atoms with Crippen molar-refractivity contribution in [1.29, 1.82) is 0 Å². The number of rotatable bonds is 12. The first-order valence-electron chi connectivity index (χ1n) is 24.9.